The summed E-state index contributed by atoms with van der Waals surface area (Å²) in [6.45, 7) is 4.64. The van der Waals surface area contributed by atoms with Gasteiger partial charge in [0.25, 0.3) is 0 Å². The normalized spacial score (nSPS) is 10.5. The molecule has 4 heteroatoms. The molecule has 1 aromatic carbocycles. The lowest BCUT2D eigenvalue weighted by Gasteiger charge is -2.08. The van der Waals surface area contributed by atoms with Crippen molar-refractivity contribution in [2.24, 2.45) is 0 Å². The fourth-order valence-electron chi connectivity index (χ4n) is 1.57. The molecule has 1 heterocycles. The zero-order valence-electron chi connectivity index (χ0n) is 10.1. The van der Waals surface area contributed by atoms with E-state index in [1.807, 2.05) is 19.9 Å². The number of hydrogen-bond donors (Lipinski definition) is 1. The largest absolute Gasteiger partial charge is 0.493 e. The molecule has 0 bridgehead atoms. The van der Waals surface area contributed by atoms with Gasteiger partial charge < -0.3 is 15.0 Å². The molecule has 0 amide bonds. The number of nitrogens with two attached hydrogens (primary N) is 1. The van der Waals surface area contributed by atoms with Crippen LogP contribution < -0.4 is 10.5 Å². The van der Waals surface area contributed by atoms with E-state index in [-0.39, 0.29) is 0 Å². The topological polar surface area (TPSA) is 61.3 Å². The number of nitrogens with zero attached hydrogens (tertiary/aromatic N) is 1. The minimum absolute atomic E-state index is 0.340. The summed E-state index contributed by atoms with van der Waals surface area (Å²) in [6.07, 6.45) is 0.689. The molecule has 17 heavy (non-hydrogen) atoms. The van der Waals surface area contributed by atoms with Crippen LogP contribution in [0, 0.1) is 13.8 Å². The molecule has 2 aromatic rings. The molecule has 0 radical (unpaired) electrons. The highest BCUT2D eigenvalue weighted by atomic mass is 16.5. The van der Waals surface area contributed by atoms with Crippen LogP contribution in [0.15, 0.2) is 28.8 Å². The smallest absolute Gasteiger partial charge is 0.222 e. The van der Waals surface area contributed by atoms with E-state index in [1.54, 1.807) is 6.07 Å². The quantitative estimate of drug-likeness (QED) is 0.879. The van der Waals surface area contributed by atoms with Gasteiger partial charge in [-0.2, -0.15) is 0 Å². The number of ether oxygens (including phenoxy) is 1. The maximum Gasteiger partial charge on any atom is 0.222 e. The molecule has 0 saturated carbocycles. The molecular formula is C13H16N2O2. The highest BCUT2D eigenvalue weighted by molar-refractivity contribution is 5.36. The predicted octanol–water partition coefficient (Wildman–Crippen LogP) is 2.50. The van der Waals surface area contributed by atoms with Crippen molar-refractivity contribution in [3.8, 4) is 5.75 Å². The summed E-state index contributed by atoms with van der Waals surface area (Å²) in [6, 6.07) is 7.87. The van der Waals surface area contributed by atoms with Crippen molar-refractivity contribution >= 4 is 5.88 Å². The minimum atomic E-state index is 0.340. The Hall–Kier alpha value is -1.97. The summed E-state index contributed by atoms with van der Waals surface area (Å²) in [4.78, 5) is 0. The van der Waals surface area contributed by atoms with Gasteiger partial charge in [0.05, 0.1) is 12.3 Å². The van der Waals surface area contributed by atoms with Crippen LogP contribution in [0.2, 0.25) is 0 Å². The van der Waals surface area contributed by atoms with Gasteiger partial charge in [-0.15, -0.1) is 0 Å². The predicted molar refractivity (Wildman–Crippen MR) is 66.0 cm³/mol. The van der Waals surface area contributed by atoms with Crippen LogP contribution in [0.4, 0.5) is 5.88 Å². The zero-order valence-corrected chi connectivity index (χ0v) is 10.1. The first-order valence-electron chi connectivity index (χ1n) is 5.56. The molecule has 0 saturated heterocycles. The second-order valence-electron chi connectivity index (χ2n) is 4.09. The second kappa shape index (κ2) is 4.91. The summed E-state index contributed by atoms with van der Waals surface area (Å²) in [7, 11) is 0. The maximum absolute atomic E-state index is 5.71. The monoisotopic (exact) mass is 232 g/mol. The van der Waals surface area contributed by atoms with Gasteiger partial charge in [0.15, 0.2) is 0 Å². The van der Waals surface area contributed by atoms with Crippen LogP contribution in [0.5, 0.6) is 5.75 Å². The van der Waals surface area contributed by atoms with Gasteiger partial charge in [-0.05, 0) is 31.0 Å². The number of rotatable bonds is 4. The number of hydrogen-bond acceptors (Lipinski definition) is 4. The van der Waals surface area contributed by atoms with Gasteiger partial charge >= 0.3 is 0 Å². The first kappa shape index (κ1) is 11.5. The number of aryl methyl sites for hydroxylation is 2. The Balaban J connectivity index is 1.91. The van der Waals surface area contributed by atoms with Crippen molar-refractivity contribution in [3.63, 3.8) is 0 Å². The number of nitrogen functional groups attached to an aromatic ring is 1. The van der Waals surface area contributed by atoms with E-state index >= 15 is 0 Å². The molecule has 2 N–H and O–H groups in total. The second-order valence-corrected chi connectivity index (χ2v) is 4.09. The van der Waals surface area contributed by atoms with Crippen molar-refractivity contribution in [3.05, 3.63) is 41.1 Å². The van der Waals surface area contributed by atoms with Gasteiger partial charge in [0, 0.05) is 12.5 Å². The summed E-state index contributed by atoms with van der Waals surface area (Å²) in [5, 5.41) is 3.81. The Kier molecular flexibility index (Phi) is 3.32. The van der Waals surface area contributed by atoms with Crippen LogP contribution in [-0.4, -0.2) is 11.8 Å². The Morgan fingerprint density at radius 2 is 2.12 bits per heavy atom. The first-order chi connectivity index (χ1) is 8.15. The van der Waals surface area contributed by atoms with Crippen LogP contribution in [-0.2, 0) is 6.42 Å². The Morgan fingerprint density at radius 3 is 2.82 bits per heavy atom. The lowest BCUT2D eigenvalue weighted by molar-refractivity contribution is 0.314. The fourth-order valence-corrected chi connectivity index (χ4v) is 1.57. The molecule has 0 spiro atoms. The first-order valence-corrected chi connectivity index (χ1v) is 5.56. The Bertz CT molecular complexity index is 506. The summed E-state index contributed by atoms with van der Waals surface area (Å²) in [5.41, 5.74) is 8.57. The Morgan fingerprint density at radius 1 is 1.29 bits per heavy atom. The van der Waals surface area contributed by atoms with Crippen LogP contribution in [0.3, 0.4) is 0 Å². The van der Waals surface area contributed by atoms with E-state index in [0.29, 0.717) is 18.9 Å². The van der Waals surface area contributed by atoms with Gasteiger partial charge in [0.2, 0.25) is 5.88 Å². The average Bonchev–Trinajstić information content (AvgIpc) is 2.69. The van der Waals surface area contributed by atoms with E-state index in [0.717, 1.165) is 17.0 Å². The summed E-state index contributed by atoms with van der Waals surface area (Å²) in [5.74, 6) is 1.26. The van der Waals surface area contributed by atoms with Crippen molar-refractivity contribution < 1.29 is 9.26 Å². The Labute approximate surface area is 100 Å². The molecule has 90 valence electrons. The highest BCUT2D eigenvalue weighted by Gasteiger charge is 2.03. The molecule has 4 nitrogen and oxygen atoms in total. The van der Waals surface area contributed by atoms with Crippen LogP contribution in [0.1, 0.15) is 16.8 Å². The van der Waals surface area contributed by atoms with Crippen molar-refractivity contribution in [1.29, 1.82) is 0 Å². The number of aromatic nitrogens is 1. The summed E-state index contributed by atoms with van der Waals surface area (Å²) < 4.78 is 10.5. The molecule has 0 atom stereocenters. The molecule has 0 aliphatic heterocycles. The SMILES string of the molecule is Cc1ccc(C)c(OCCc2cc(N)on2)c1. The molecule has 0 unspecified atom stereocenters. The number of anilines is 1. The van der Waals surface area contributed by atoms with E-state index in [4.69, 9.17) is 15.0 Å². The van der Waals surface area contributed by atoms with E-state index in [9.17, 15) is 0 Å². The van der Waals surface area contributed by atoms with Gasteiger partial charge in [-0.1, -0.05) is 17.3 Å². The molecule has 0 fully saturated rings. The molecule has 2 rings (SSSR count). The lowest BCUT2D eigenvalue weighted by Crippen LogP contribution is -2.02. The number of benzene rings is 1. The highest BCUT2D eigenvalue weighted by Crippen LogP contribution is 2.19. The van der Waals surface area contributed by atoms with Crippen molar-refractivity contribution in [2.75, 3.05) is 12.3 Å². The van der Waals surface area contributed by atoms with Gasteiger partial charge in [-0.25, -0.2) is 0 Å². The van der Waals surface area contributed by atoms with Crippen LogP contribution in [0.25, 0.3) is 0 Å². The summed E-state index contributed by atoms with van der Waals surface area (Å²) >= 11 is 0. The van der Waals surface area contributed by atoms with Crippen molar-refractivity contribution in [1.82, 2.24) is 5.16 Å². The third-order valence-corrected chi connectivity index (χ3v) is 2.54. The van der Waals surface area contributed by atoms with Crippen LogP contribution >= 0.6 is 0 Å². The average molecular weight is 232 g/mol. The van der Waals surface area contributed by atoms with E-state index in [1.165, 1.54) is 5.56 Å². The zero-order chi connectivity index (χ0) is 12.3. The van der Waals surface area contributed by atoms with Crippen molar-refractivity contribution in [2.45, 2.75) is 20.3 Å². The van der Waals surface area contributed by atoms with Gasteiger partial charge in [0.1, 0.15) is 5.75 Å². The minimum Gasteiger partial charge on any atom is -0.493 e. The van der Waals surface area contributed by atoms with E-state index < -0.39 is 0 Å². The molecule has 1 aromatic heterocycles. The third-order valence-electron chi connectivity index (χ3n) is 2.54. The molecule has 0 aliphatic carbocycles. The molecule has 0 aliphatic rings. The fraction of sp³-hybridized carbons (Fsp3) is 0.308. The lowest BCUT2D eigenvalue weighted by atomic mass is 10.1. The van der Waals surface area contributed by atoms with E-state index in [2.05, 4.69) is 17.3 Å². The maximum atomic E-state index is 5.71. The van der Waals surface area contributed by atoms with Gasteiger partial charge in [-0.3, -0.25) is 0 Å². The standard InChI is InChI=1S/C13H16N2O2/c1-9-3-4-10(2)12(7-9)16-6-5-11-8-13(14)17-15-11/h3-4,7-8H,5-6,14H2,1-2H3. The molecular weight excluding hydrogens is 216 g/mol. The third kappa shape index (κ3) is 3.00.